The second-order valence-corrected chi connectivity index (χ2v) is 9.62. The van der Waals surface area contributed by atoms with Crippen molar-refractivity contribution >= 4 is 40.7 Å². The van der Waals surface area contributed by atoms with E-state index in [0.29, 0.717) is 27.6 Å². The van der Waals surface area contributed by atoms with Gasteiger partial charge in [0.15, 0.2) is 11.5 Å². The van der Waals surface area contributed by atoms with Gasteiger partial charge in [0.25, 0.3) is 0 Å². The first-order chi connectivity index (χ1) is 18.3. The molecule has 2 aromatic rings. The Morgan fingerprint density at radius 1 is 1.34 bits per heavy atom. The molecule has 3 N–H and O–H groups in total. The number of hydrogen-bond acceptors (Lipinski definition) is 9. The number of hydrogen-bond donors (Lipinski definition) is 3. The summed E-state index contributed by atoms with van der Waals surface area (Å²) in [5, 5.41) is 23.3. The van der Waals surface area contributed by atoms with Gasteiger partial charge >= 0.3 is 0 Å². The number of halogens is 1. The van der Waals surface area contributed by atoms with Gasteiger partial charge in [-0.2, -0.15) is 0 Å². The van der Waals surface area contributed by atoms with Crippen LogP contribution in [0.4, 0.5) is 0 Å². The van der Waals surface area contributed by atoms with E-state index < -0.39 is 24.2 Å². The van der Waals surface area contributed by atoms with E-state index in [1.807, 2.05) is 22.6 Å². The normalized spacial score (nSPS) is 18.9. The van der Waals surface area contributed by atoms with Crippen LogP contribution in [0.25, 0.3) is 0 Å². The van der Waals surface area contributed by atoms with Crippen LogP contribution in [0.1, 0.15) is 29.3 Å². The number of methoxy groups -OCH3 is 1. The topological polar surface area (TPSA) is 148 Å². The smallest absolute Gasteiger partial charge is 0.249 e. The van der Waals surface area contributed by atoms with Crippen LogP contribution in [0.2, 0.25) is 0 Å². The Morgan fingerprint density at radius 2 is 2.13 bits per heavy atom. The number of amides is 2. The first-order valence-corrected chi connectivity index (χ1v) is 13.1. The summed E-state index contributed by atoms with van der Waals surface area (Å²) >= 11 is 1.99. The molecule has 0 unspecified atom stereocenters. The van der Waals surface area contributed by atoms with Crippen LogP contribution in [0.15, 0.2) is 46.8 Å². The Hall–Kier alpha value is -2.94. The SMILES string of the molecule is CCOCC(=O)N(Cc1ccoc1)[C@@H]1CC(C(=O)NCCO)=C[C@H](Oc2c(I)cc(C=O)cc2OC)[C@H]1O. The molecule has 3 rings (SSSR count). The average molecular weight is 642 g/mol. The molecule has 206 valence electrons. The van der Waals surface area contributed by atoms with Crippen LogP contribution in [0.3, 0.4) is 0 Å². The highest BCUT2D eigenvalue weighted by molar-refractivity contribution is 14.1. The van der Waals surface area contributed by atoms with E-state index >= 15 is 0 Å². The van der Waals surface area contributed by atoms with Crippen LogP contribution >= 0.6 is 22.6 Å². The van der Waals surface area contributed by atoms with E-state index in [1.165, 1.54) is 36.7 Å². The van der Waals surface area contributed by atoms with E-state index in [9.17, 15) is 19.5 Å². The minimum absolute atomic E-state index is 0.0340. The molecule has 1 aromatic heterocycles. The number of rotatable bonds is 13. The lowest BCUT2D eigenvalue weighted by atomic mass is 9.88. The standard InChI is InChI=1S/C26H31IN2O9/c1-3-36-15-23(32)29(12-16-4-7-37-14-16)20-10-18(26(34)28-5-6-30)11-21(24(20)33)38-25-19(27)8-17(13-31)9-22(25)35-2/h4,7-9,11,13-14,20-21,24,30,33H,3,5-6,10,12,15H2,1-2H3,(H,28,34)/t20-,21+,24+/m1/s1. The van der Waals surface area contributed by atoms with Crippen LogP contribution in [-0.2, 0) is 20.9 Å². The maximum Gasteiger partial charge on any atom is 0.249 e. The molecular formula is C26H31IN2O9. The lowest BCUT2D eigenvalue weighted by Crippen LogP contribution is -2.55. The van der Waals surface area contributed by atoms with Gasteiger partial charge in [0, 0.05) is 42.8 Å². The third-order valence-corrected chi connectivity index (χ3v) is 6.74. The Balaban J connectivity index is 2.01. The van der Waals surface area contributed by atoms with Crippen LogP contribution in [0, 0.1) is 3.57 Å². The molecule has 1 aliphatic rings. The Bertz CT molecular complexity index is 1140. The minimum Gasteiger partial charge on any atom is -0.493 e. The summed E-state index contributed by atoms with van der Waals surface area (Å²) in [6.45, 7) is 1.78. The lowest BCUT2D eigenvalue weighted by Gasteiger charge is -2.40. The van der Waals surface area contributed by atoms with Crippen molar-refractivity contribution < 1.29 is 43.2 Å². The summed E-state index contributed by atoms with van der Waals surface area (Å²) in [5.74, 6) is -0.286. The zero-order chi connectivity index (χ0) is 27.7. The summed E-state index contributed by atoms with van der Waals surface area (Å²) in [6.07, 6.45) is 2.90. The van der Waals surface area contributed by atoms with Crippen molar-refractivity contribution in [3.05, 3.63) is 57.1 Å². The number of carbonyl (C=O) groups excluding carboxylic acids is 3. The van der Waals surface area contributed by atoms with Crippen molar-refractivity contribution in [2.24, 2.45) is 0 Å². The number of carbonyl (C=O) groups is 3. The first-order valence-electron chi connectivity index (χ1n) is 12.0. The van der Waals surface area contributed by atoms with Crippen molar-refractivity contribution in [2.45, 2.75) is 38.1 Å². The molecule has 3 atom stereocenters. The van der Waals surface area contributed by atoms with Gasteiger partial charge in [0.1, 0.15) is 25.1 Å². The number of aldehydes is 1. The largest absolute Gasteiger partial charge is 0.493 e. The van der Waals surface area contributed by atoms with Gasteiger partial charge in [-0.1, -0.05) is 0 Å². The van der Waals surface area contributed by atoms with Crippen molar-refractivity contribution in [1.29, 1.82) is 0 Å². The minimum atomic E-state index is -1.24. The molecule has 12 heteroatoms. The molecule has 0 radical (unpaired) electrons. The second-order valence-electron chi connectivity index (χ2n) is 8.46. The fourth-order valence-electron chi connectivity index (χ4n) is 4.08. The number of aliphatic hydroxyl groups is 2. The molecule has 11 nitrogen and oxygen atoms in total. The second kappa shape index (κ2) is 14.3. The molecule has 2 amide bonds. The lowest BCUT2D eigenvalue weighted by molar-refractivity contribution is -0.144. The van der Waals surface area contributed by atoms with Gasteiger partial charge in [-0.3, -0.25) is 14.4 Å². The molecule has 0 saturated heterocycles. The average Bonchev–Trinajstić information content (AvgIpc) is 3.44. The predicted molar refractivity (Wildman–Crippen MR) is 144 cm³/mol. The molecule has 1 heterocycles. The zero-order valence-corrected chi connectivity index (χ0v) is 23.3. The highest BCUT2D eigenvalue weighted by atomic mass is 127. The summed E-state index contributed by atoms with van der Waals surface area (Å²) in [6, 6.07) is 3.96. The van der Waals surface area contributed by atoms with E-state index in [-0.39, 0.29) is 55.7 Å². The molecule has 0 fully saturated rings. The first kappa shape index (κ1) is 29.6. The van der Waals surface area contributed by atoms with Crippen molar-refractivity contribution in [3.8, 4) is 11.5 Å². The quantitative estimate of drug-likeness (QED) is 0.219. The molecule has 38 heavy (non-hydrogen) atoms. The van der Waals surface area contributed by atoms with Crippen molar-refractivity contribution in [3.63, 3.8) is 0 Å². The molecule has 0 spiro atoms. The Labute approximate surface area is 233 Å². The van der Waals surface area contributed by atoms with Crippen molar-refractivity contribution in [1.82, 2.24) is 10.2 Å². The van der Waals surface area contributed by atoms with Crippen LogP contribution < -0.4 is 14.8 Å². The van der Waals surface area contributed by atoms with E-state index in [0.717, 1.165) is 0 Å². The number of nitrogens with one attached hydrogen (secondary N) is 1. The number of benzene rings is 1. The summed E-state index contributed by atoms with van der Waals surface area (Å²) in [5.41, 5.74) is 1.35. The third kappa shape index (κ3) is 7.34. The van der Waals surface area contributed by atoms with Crippen molar-refractivity contribution in [2.75, 3.05) is 33.5 Å². The van der Waals surface area contributed by atoms with Gasteiger partial charge in [-0.05, 0) is 53.8 Å². The Morgan fingerprint density at radius 3 is 2.76 bits per heavy atom. The van der Waals surface area contributed by atoms with Gasteiger partial charge in [0.05, 0.1) is 35.9 Å². The third-order valence-electron chi connectivity index (χ3n) is 5.94. The zero-order valence-electron chi connectivity index (χ0n) is 21.1. The molecule has 0 bridgehead atoms. The molecule has 1 aromatic carbocycles. The maximum absolute atomic E-state index is 13.2. The number of ether oxygens (including phenoxy) is 3. The monoisotopic (exact) mass is 642 g/mol. The van der Waals surface area contributed by atoms with Crippen LogP contribution in [0.5, 0.6) is 11.5 Å². The van der Waals surface area contributed by atoms with E-state index in [2.05, 4.69) is 5.32 Å². The van der Waals surface area contributed by atoms with Gasteiger partial charge in [0.2, 0.25) is 11.8 Å². The van der Waals surface area contributed by atoms with E-state index in [4.69, 9.17) is 23.7 Å². The summed E-state index contributed by atoms with van der Waals surface area (Å²) in [4.78, 5) is 38.9. The number of furan rings is 1. The van der Waals surface area contributed by atoms with Gasteiger partial charge in [-0.15, -0.1) is 0 Å². The fraction of sp³-hybridized carbons (Fsp3) is 0.423. The highest BCUT2D eigenvalue weighted by Gasteiger charge is 2.41. The molecular weight excluding hydrogens is 611 g/mol. The van der Waals surface area contributed by atoms with Crippen LogP contribution in [-0.4, -0.2) is 84.9 Å². The predicted octanol–water partition coefficient (Wildman–Crippen LogP) is 1.69. The Kier molecular flexibility index (Phi) is 11.1. The maximum atomic E-state index is 13.2. The molecule has 0 saturated carbocycles. The highest BCUT2D eigenvalue weighted by Crippen LogP contribution is 2.37. The fourth-order valence-corrected chi connectivity index (χ4v) is 4.83. The molecule has 1 aliphatic carbocycles. The summed E-state index contributed by atoms with van der Waals surface area (Å²) in [7, 11) is 1.43. The van der Waals surface area contributed by atoms with Gasteiger partial charge < -0.3 is 39.1 Å². The summed E-state index contributed by atoms with van der Waals surface area (Å²) < 4.78 is 22.7. The van der Waals surface area contributed by atoms with Gasteiger partial charge in [-0.25, -0.2) is 0 Å². The number of aliphatic hydroxyl groups excluding tert-OH is 2. The van der Waals surface area contributed by atoms with E-state index in [1.54, 1.807) is 19.1 Å². The molecule has 0 aliphatic heterocycles. The number of nitrogens with zero attached hydrogens (tertiary/aromatic N) is 1.